The summed E-state index contributed by atoms with van der Waals surface area (Å²) in [4.78, 5) is 16.9. The maximum absolute atomic E-state index is 10.3. The monoisotopic (exact) mass is 180 g/mol. The van der Waals surface area contributed by atoms with Crippen molar-refractivity contribution in [3.05, 3.63) is 11.1 Å². The lowest BCUT2D eigenvalue weighted by Gasteiger charge is -1.97. The molecule has 7 heteroatoms. The van der Waals surface area contributed by atoms with E-state index in [1.807, 2.05) is 0 Å². The molecular formula is C3H5N2O3PS. The fraction of sp³-hybridized carbons (Fsp3) is 0.333. The van der Waals surface area contributed by atoms with E-state index in [9.17, 15) is 4.57 Å². The molecule has 1 rings (SSSR count). The van der Waals surface area contributed by atoms with E-state index in [0.717, 1.165) is 11.5 Å². The van der Waals surface area contributed by atoms with Gasteiger partial charge in [0.05, 0.1) is 11.9 Å². The summed E-state index contributed by atoms with van der Waals surface area (Å²) in [6.45, 7) is 0. The molecule has 0 bridgehead atoms. The highest BCUT2D eigenvalue weighted by Gasteiger charge is 2.15. The van der Waals surface area contributed by atoms with Gasteiger partial charge in [0, 0.05) is 5.38 Å². The van der Waals surface area contributed by atoms with Crippen LogP contribution in [0.4, 0.5) is 0 Å². The van der Waals surface area contributed by atoms with Crippen LogP contribution in [0.5, 0.6) is 0 Å². The molecule has 56 valence electrons. The summed E-state index contributed by atoms with van der Waals surface area (Å²) in [6.07, 6.45) is -0.316. The number of aromatic nitrogens is 2. The van der Waals surface area contributed by atoms with Gasteiger partial charge >= 0.3 is 7.60 Å². The molecule has 0 saturated heterocycles. The highest BCUT2D eigenvalue weighted by atomic mass is 32.1. The molecule has 2 N–H and O–H groups in total. The zero-order valence-corrected chi connectivity index (χ0v) is 6.55. The molecule has 1 aromatic heterocycles. The van der Waals surface area contributed by atoms with Crippen molar-refractivity contribution in [2.24, 2.45) is 0 Å². The summed E-state index contributed by atoms with van der Waals surface area (Å²) < 4.78 is 13.8. The van der Waals surface area contributed by atoms with Crippen LogP contribution in [0.25, 0.3) is 0 Å². The number of hydrogen-bond donors (Lipinski definition) is 2. The molecule has 0 aliphatic rings. The molecule has 0 unspecified atom stereocenters. The summed E-state index contributed by atoms with van der Waals surface area (Å²) in [6, 6.07) is 0. The van der Waals surface area contributed by atoms with Crippen LogP contribution in [0.1, 0.15) is 5.69 Å². The Hall–Kier alpha value is -0.290. The third kappa shape index (κ3) is 2.53. The minimum absolute atomic E-state index is 0.316. The van der Waals surface area contributed by atoms with Crippen LogP contribution in [0.15, 0.2) is 5.38 Å². The maximum Gasteiger partial charge on any atom is 0.331 e. The number of hydrogen-bond acceptors (Lipinski definition) is 4. The van der Waals surface area contributed by atoms with E-state index < -0.39 is 7.60 Å². The van der Waals surface area contributed by atoms with Crippen molar-refractivity contribution in [3.63, 3.8) is 0 Å². The highest BCUT2D eigenvalue weighted by molar-refractivity contribution is 7.50. The van der Waals surface area contributed by atoms with Crippen molar-refractivity contribution in [1.29, 1.82) is 0 Å². The quantitative estimate of drug-likeness (QED) is 0.636. The predicted octanol–water partition coefficient (Wildman–Crippen LogP) is 0.216. The van der Waals surface area contributed by atoms with Crippen LogP contribution in [0.3, 0.4) is 0 Å². The van der Waals surface area contributed by atoms with Gasteiger partial charge in [-0.2, -0.15) is 0 Å². The topological polar surface area (TPSA) is 83.3 Å². The van der Waals surface area contributed by atoms with Gasteiger partial charge in [-0.1, -0.05) is 4.49 Å². The zero-order valence-electron chi connectivity index (χ0n) is 4.84. The first-order valence-corrected chi connectivity index (χ1v) is 5.02. The molecule has 0 saturated carbocycles. The largest absolute Gasteiger partial charge is 0.331 e. The summed E-state index contributed by atoms with van der Waals surface area (Å²) in [7, 11) is -3.95. The molecular weight excluding hydrogens is 175 g/mol. The van der Waals surface area contributed by atoms with Crippen LogP contribution in [-0.2, 0) is 10.7 Å². The summed E-state index contributed by atoms with van der Waals surface area (Å²) in [5.74, 6) is 0. The average Bonchev–Trinajstić information content (AvgIpc) is 2.12. The minimum Gasteiger partial charge on any atom is -0.324 e. The second kappa shape index (κ2) is 2.75. The first kappa shape index (κ1) is 7.81. The molecule has 1 heterocycles. The third-order valence-corrected chi connectivity index (χ3v) is 2.06. The average molecular weight is 180 g/mol. The lowest BCUT2D eigenvalue weighted by molar-refractivity contribution is 0.371. The maximum atomic E-state index is 10.3. The Morgan fingerprint density at radius 1 is 1.70 bits per heavy atom. The summed E-state index contributed by atoms with van der Waals surface area (Å²) in [5.41, 5.74) is 0.346. The van der Waals surface area contributed by atoms with Crippen LogP contribution in [-0.4, -0.2) is 19.4 Å². The Kier molecular flexibility index (Phi) is 2.15. The molecule has 1 aromatic rings. The molecule has 10 heavy (non-hydrogen) atoms. The smallest absolute Gasteiger partial charge is 0.324 e. The Morgan fingerprint density at radius 2 is 2.40 bits per heavy atom. The molecule has 5 nitrogen and oxygen atoms in total. The van der Waals surface area contributed by atoms with Crippen molar-refractivity contribution in [3.8, 4) is 0 Å². The van der Waals surface area contributed by atoms with Crippen molar-refractivity contribution < 1.29 is 14.4 Å². The molecule has 0 aromatic carbocycles. The molecule has 0 spiro atoms. The first-order chi connectivity index (χ1) is 4.58. The van der Waals surface area contributed by atoms with E-state index in [4.69, 9.17) is 9.79 Å². The van der Waals surface area contributed by atoms with Gasteiger partial charge in [0.1, 0.15) is 0 Å². The SMILES string of the molecule is O=P(O)(O)Cc1csnn1. The van der Waals surface area contributed by atoms with Gasteiger partial charge in [-0.3, -0.25) is 4.57 Å². The minimum atomic E-state index is -3.95. The van der Waals surface area contributed by atoms with Gasteiger partial charge in [0.15, 0.2) is 0 Å². The van der Waals surface area contributed by atoms with E-state index in [1.165, 1.54) is 5.38 Å². The Labute approximate surface area is 61.0 Å². The van der Waals surface area contributed by atoms with Crippen molar-refractivity contribution in [1.82, 2.24) is 9.59 Å². The fourth-order valence-electron chi connectivity index (χ4n) is 0.464. The van der Waals surface area contributed by atoms with E-state index in [-0.39, 0.29) is 6.16 Å². The van der Waals surface area contributed by atoms with E-state index in [2.05, 4.69) is 9.59 Å². The van der Waals surface area contributed by atoms with Gasteiger partial charge in [-0.25, -0.2) is 0 Å². The van der Waals surface area contributed by atoms with Gasteiger partial charge in [0.25, 0.3) is 0 Å². The number of rotatable bonds is 2. The van der Waals surface area contributed by atoms with Crippen molar-refractivity contribution in [2.45, 2.75) is 6.16 Å². The van der Waals surface area contributed by atoms with Crippen LogP contribution in [0, 0.1) is 0 Å². The molecule has 0 radical (unpaired) electrons. The second-order valence-electron chi connectivity index (χ2n) is 1.72. The first-order valence-electron chi connectivity index (χ1n) is 2.38. The Morgan fingerprint density at radius 3 is 2.80 bits per heavy atom. The van der Waals surface area contributed by atoms with Gasteiger partial charge in [0.2, 0.25) is 0 Å². The molecule has 0 atom stereocenters. The second-order valence-corrected chi connectivity index (χ2v) is 3.97. The highest BCUT2D eigenvalue weighted by Crippen LogP contribution is 2.38. The fourth-order valence-corrected chi connectivity index (χ4v) is 1.62. The van der Waals surface area contributed by atoms with Gasteiger partial charge in [-0.05, 0) is 11.5 Å². The molecule has 0 aliphatic heterocycles. The lowest BCUT2D eigenvalue weighted by atomic mass is 10.6. The van der Waals surface area contributed by atoms with Crippen LogP contribution < -0.4 is 0 Å². The Balaban J connectivity index is 2.66. The van der Waals surface area contributed by atoms with E-state index in [0.29, 0.717) is 5.69 Å². The summed E-state index contributed by atoms with van der Waals surface area (Å²) >= 11 is 1.08. The van der Waals surface area contributed by atoms with Gasteiger partial charge in [-0.15, -0.1) is 5.10 Å². The van der Waals surface area contributed by atoms with E-state index >= 15 is 0 Å². The zero-order chi connectivity index (χ0) is 7.61. The predicted molar refractivity (Wildman–Crippen MR) is 35.7 cm³/mol. The van der Waals surface area contributed by atoms with Crippen LogP contribution in [0.2, 0.25) is 0 Å². The van der Waals surface area contributed by atoms with Crippen molar-refractivity contribution in [2.75, 3.05) is 0 Å². The normalized spacial score (nSPS) is 11.8. The van der Waals surface area contributed by atoms with Crippen LogP contribution >= 0.6 is 19.1 Å². The van der Waals surface area contributed by atoms with Crippen molar-refractivity contribution >= 4 is 19.1 Å². The summed E-state index contributed by atoms with van der Waals surface area (Å²) in [5, 5.41) is 4.99. The standard InChI is InChI=1S/C3H5N2O3PS/c6-9(7,8)1-3-2-10-5-4-3/h2H,1H2,(H2,6,7,8). The Bertz CT molecular complexity index is 242. The van der Waals surface area contributed by atoms with Gasteiger partial charge < -0.3 is 9.79 Å². The molecule has 0 fully saturated rings. The lowest BCUT2D eigenvalue weighted by Crippen LogP contribution is -1.86. The molecule has 0 amide bonds. The number of nitrogens with zero attached hydrogens (tertiary/aromatic N) is 2. The van der Waals surface area contributed by atoms with E-state index in [1.54, 1.807) is 0 Å². The molecule has 0 aliphatic carbocycles. The third-order valence-electron chi connectivity index (χ3n) is 0.773.